The molecule has 1 amide bonds. The minimum atomic E-state index is -0.0698. The summed E-state index contributed by atoms with van der Waals surface area (Å²) in [5.74, 6) is 2.19. The fourth-order valence-electron chi connectivity index (χ4n) is 3.61. The van der Waals surface area contributed by atoms with Gasteiger partial charge in [-0.3, -0.25) is 14.5 Å². The fraction of sp³-hybridized carbons (Fsp3) is 0.261. The number of carbonyl (C=O) groups is 1. The summed E-state index contributed by atoms with van der Waals surface area (Å²) in [5.41, 5.74) is 2.73. The van der Waals surface area contributed by atoms with Crippen molar-refractivity contribution in [3.8, 4) is 17.1 Å². The Morgan fingerprint density at radius 3 is 2.68 bits per heavy atom. The van der Waals surface area contributed by atoms with Gasteiger partial charge in [0.05, 0.1) is 7.11 Å². The zero-order valence-electron chi connectivity index (χ0n) is 17.7. The SMILES string of the molecule is CCc1oc2ccccc2c1CN(C)C(=O)Cn1c(-c2ccc(OC)cc2)n[nH]c1=S. The standard InChI is InChI=1S/C23H24N4O3S/c1-4-19-18(17-7-5-6-8-20(17)30-19)13-26(2)21(28)14-27-22(24-25-23(27)31)15-9-11-16(29-3)12-10-15/h5-12H,4,13-14H2,1-3H3,(H,25,31). The molecule has 0 unspecified atom stereocenters. The number of amides is 1. The Kier molecular flexibility index (Phi) is 5.90. The van der Waals surface area contributed by atoms with Gasteiger partial charge in [-0.05, 0) is 42.5 Å². The van der Waals surface area contributed by atoms with E-state index < -0.39 is 0 Å². The zero-order valence-corrected chi connectivity index (χ0v) is 18.5. The van der Waals surface area contributed by atoms with Crippen LogP contribution in [0.15, 0.2) is 52.9 Å². The predicted molar refractivity (Wildman–Crippen MR) is 121 cm³/mol. The summed E-state index contributed by atoms with van der Waals surface area (Å²) in [6.07, 6.45) is 0.764. The quantitative estimate of drug-likeness (QED) is 0.429. The number of rotatable bonds is 7. The Labute approximate surface area is 185 Å². The molecule has 8 heteroatoms. The lowest BCUT2D eigenvalue weighted by molar-refractivity contribution is -0.131. The van der Waals surface area contributed by atoms with Gasteiger partial charge in [-0.1, -0.05) is 25.1 Å². The van der Waals surface area contributed by atoms with Crippen molar-refractivity contribution in [1.82, 2.24) is 19.7 Å². The number of para-hydroxylation sites is 1. The second-order valence-electron chi connectivity index (χ2n) is 7.27. The van der Waals surface area contributed by atoms with Crippen LogP contribution in [0.4, 0.5) is 0 Å². The van der Waals surface area contributed by atoms with E-state index in [2.05, 4.69) is 17.1 Å². The molecule has 4 rings (SSSR count). The number of hydrogen-bond acceptors (Lipinski definition) is 5. The summed E-state index contributed by atoms with van der Waals surface area (Å²) in [5, 5.41) is 8.15. The van der Waals surface area contributed by atoms with Crippen LogP contribution in [0.5, 0.6) is 5.75 Å². The third-order valence-electron chi connectivity index (χ3n) is 5.32. The number of nitrogens with one attached hydrogen (secondary N) is 1. The van der Waals surface area contributed by atoms with Gasteiger partial charge < -0.3 is 14.1 Å². The summed E-state index contributed by atoms with van der Waals surface area (Å²) in [4.78, 5) is 14.8. The monoisotopic (exact) mass is 436 g/mol. The second kappa shape index (κ2) is 8.77. The molecule has 0 spiro atoms. The molecule has 0 radical (unpaired) electrons. The number of furan rings is 1. The summed E-state index contributed by atoms with van der Waals surface area (Å²) in [7, 11) is 3.41. The molecular formula is C23H24N4O3S. The van der Waals surface area contributed by atoms with E-state index in [0.717, 1.165) is 40.0 Å². The second-order valence-corrected chi connectivity index (χ2v) is 7.66. The third-order valence-corrected chi connectivity index (χ3v) is 5.64. The Bertz CT molecular complexity index is 1270. The van der Waals surface area contributed by atoms with Crippen LogP contribution in [-0.4, -0.2) is 39.7 Å². The van der Waals surface area contributed by atoms with Gasteiger partial charge >= 0.3 is 0 Å². The highest BCUT2D eigenvalue weighted by atomic mass is 32.1. The van der Waals surface area contributed by atoms with Crippen molar-refractivity contribution in [3.63, 3.8) is 0 Å². The highest BCUT2D eigenvalue weighted by Gasteiger charge is 2.19. The number of carbonyl (C=O) groups excluding carboxylic acids is 1. The Balaban J connectivity index is 1.57. The van der Waals surface area contributed by atoms with E-state index in [1.807, 2.05) is 48.5 Å². The largest absolute Gasteiger partial charge is 0.497 e. The van der Waals surface area contributed by atoms with Crippen molar-refractivity contribution in [1.29, 1.82) is 0 Å². The first-order valence-corrected chi connectivity index (χ1v) is 10.5. The van der Waals surface area contributed by atoms with Gasteiger partial charge in [0.2, 0.25) is 5.91 Å². The van der Waals surface area contributed by atoms with Crippen LogP contribution >= 0.6 is 12.2 Å². The number of methoxy groups -OCH3 is 1. The maximum Gasteiger partial charge on any atom is 0.242 e. The van der Waals surface area contributed by atoms with Gasteiger partial charge in [0.25, 0.3) is 0 Å². The summed E-state index contributed by atoms with van der Waals surface area (Å²) < 4.78 is 13.3. The van der Waals surface area contributed by atoms with Gasteiger partial charge in [-0.2, -0.15) is 5.10 Å². The number of H-pyrrole nitrogens is 1. The molecule has 7 nitrogen and oxygen atoms in total. The number of ether oxygens (including phenoxy) is 1. The Morgan fingerprint density at radius 2 is 1.97 bits per heavy atom. The van der Waals surface area contributed by atoms with Gasteiger partial charge in [0.1, 0.15) is 23.6 Å². The van der Waals surface area contributed by atoms with Crippen molar-refractivity contribution in [2.75, 3.05) is 14.2 Å². The van der Waals surface area contributed by atoms with Crippen LogP contribution in [0.25, 0.3) is 22.4 Å². The molecule has 2 heterocycles. The maximum atomic E-state index is 13.1. The van der Waals surface area contributed by atoms with Crippen LogP contribution in [0.3, 0.4) is 0 Å². The van der Waals surface area contributed by atoms with Gasteiger partial charge in [0.15, 0.2) is 10.6 Å². The molecule has 1 N–H and O–H groups in total. The van der Waals surface area contributed by atoms with E-state index in [9.17, 15) is 4.79 Å². The highest BCUT2D eigenvalue weighted by molar-refractivity contribution is 7.71. The molecule has 0 aliphatic carbocycles. The topological polar surface area (TPSA) is 76.3 Å². The van der Waals surface area contributed by atoms with Crippen molar-refractivity contribution in [2.45, 2.75) is 26.4 Å². The van der Waals surface area contributed by atoms with E-state index in [1.165, 1.54) is 0 Å². The number of likely N-dealkylation sites (N-methyl/N-ethyl adjacent to an activating group) is 1. The third kappa shape index (κ3) is 4.11. The lowest BCUT2D eigenvalue weighted by Gasteiger charge is -2.18. The fourth-order valence-corrected chi connectivity index (χ4v) is 3.81. The smallest absolute Gasteiger partial charge is 0.242 e. The minimum absolute atomic E-state index is 0.0698. The van der Waals surface area contributed by atoms with E-state index in [-0.39, 0.29) is 12.5 Å². The molecular weight excluding hydrogens is 412 g/mol. The molecule has 2 aromatic carbocycles. The van der Waals surface area contributed by atoms with Crippen LogP contribution in [-0.2, 0) is 24.3 Å². The molecule has 0 aliphatic heterocycles. The van der Waals surface area contributed by atoms with Crippen molar-refractivity contribution >= 4 is 29.1 Å². The summed E-state index contributed by atoms with van der Waals surface area (Å²) in [6.45, 7) is 2.60. The average molecular weight is 437 g/mol. The Morgan fingerprint density at radius 1 is 1.23 bits per heavy atom. The van der Waals surface area contributed by atoms with Crippen LogP contribution in [0.1, 0.15) is 18.2 Å². The summed E-state index contributed by atoms with van der Waals surface area (Å²) in [6, 6.07) is 15.4. The molecule has 0 atom stereocenters. The first kappa shape index (κ1) is 20.9. The average Bonchev–Trinajstić information content (AvgIpc) is 3.34. The van der Waals surface area contributed by atoms with E-state index in [4.69, 9.17) is 21.4 Å². The van der Waals surface area contributed by atoms with Gasteiger partial charge in [-0.25, -0.2) is 0 Å². The van der Waals surface area contributed by atoms with E-state index >= 15 is 0 Å². The van der Waals surface area contributed by atoms with Crippen molar-refractivity contribution in [2.24, 2.45) is 0 Å². The number of fused-ring (bicyclic) bond motifs is 1. The molecule has 31 heavy (non-hydrogen) atoms. The van der Waals surface area contributed by atoms with Gasteiger partial charge in [-0.15, -0.1) is 0 Å². The van der Waals surface area contributed by atoms with Crippen molar-refractivity contribution in [3.05, 3.63) is 64.6 Å². The normalized spacial score (nSPS) is 11.1. The molecule has 0 fully saturated rings. The lowest BCUT2D eigenvalue weighted by atomic mass is 10.1. The predicted octanol–water partition coefficient (Wildman–Crippen LogP) is 4.58. The van der Waals surface area contributed by atoms with Crippen molar-refractivity contribution < 1.29 is 13.9 Å². The number of aryl methyl sites for hydroxylation is 1. The Hall–Kier alpha value is -3.39. The van der Waals surface area contributed by atoms with E-state index in [1.54, 1.807) is 23.6 Å². The maximum absolute atomic E-state index is 13.1. The molecule has 160 valence electrons. The molecule has 4 aromatic rings. The number of aromatic amines is 1. The summed E-state index contributed by atoms with van der Waals surface area (Å²) >= 11 is 5.38. The van der Waals surface area contributed by atoms with Crippen LogP contribution < -0.4 is 4.74 Å². The number of aromatic nitrogens is 3. The molecule has 0 aliphatic rings. The highest BCUT2D eigenvalue weighted by Crippen LogP contribution is 2.27. The first-order valence-electron chi connectivity index (χ1n) is 10.0. The molecule has 2 aromatic heterocycles. The van der Waals surface area contributed by atoms with Crippen LogP contribution in [0.2, 0.25) is 0 Å². The minimum Gasteiger partial charge on any atom is -0.497 e. The lowest BCUT2D eigenvalue weighted by Crippen LogP contribution is -2.30. The van der Waals surface area contributed by atoms with Crippen LogP contribution in [0, 0.1) is 4.77 Å². The molecule has 0 saturated heterocycles. The van der Waals surface area contributed by atoms with E-state index in [0.29, 0.717) is 17.1 Å². The number of benzene rings is 2. The first-order chi connectivity index (χ1) is 15.0. The number of hydrogen-bond donors (Lipinski definition) is 1. The molecule has 0 bridgehead atoms. The van der Waals surface area contributed by atoms with Gasteiger partial charge in [0, 0.05) is 36.5 Å². The molecule has 0 saturated carbocycles. The number of nitrogens with zero attached hydrogens (tertiary/aromatic N) is 3. The zero-order chi connectivity index (χ0) is 22.0.